The number of ether oxygens (including phenoxy) is 2. The number of piperidine rings is 1. The third-order valence-electron chi connectivity index (χ3n) is 13.8. The van der Waals surface area contributed by atoms with Crippen LogP contribution in [0, 0.1) is 70.0 Å². The van der Waals surface area contributed by atoms with Gasteiger partial charge in [-0.25, -0.2) is 31.1 Å². The molecule has 1 aliphatic carbocycles. The fourth-order valence-corrected chi connectivity index (χ4v) is 9.83. The Morgan fingerprint density at radius 2 is 1.12 bits per heavy atom. The van der Waals surface area contributed by atoms with Crippen LogP contribution in [0.2, 0.25) is 0 Å². The van der Waals surface area contributed by atoms with Gasteiger partial charge in [-0.3, -0.25) is 9.59 Å². The highest BCUT2D eigenvalue weighted by Crippen LogP contribution is 2.54. The zero-order valence-electron chi connectivity index (χ0n) is 42.1. The number of esters is 2. The number of nitrogens with one attached hydrogen (secondary N) is 5. The van der Waals surface area contributed by atoms with E-state index in [1.54, 1.807) is 12.1 Å². The Hall–Kier alpha value is -5.82. The number of ketones is 1. The van der Waals surface area contributed by atoms with Crippen molar-refractivity contribution in [3.8, 4) is 11.5 Å². The second-order valence-corrected chi connectivity index (χ2v) is 20.7. The van der Waals surface area contributed by atoms with E-state index in [0.717, 1.165) is 25.1 Å². The van der Waals surface area contributed by atoms with Crippen molar-refractivity contribution in [2.45, 2.75) is 98.7 Å². The average molecular weight is 1180 g/mol. The fourth-order valence-electron chi connectivity index (χ4n) is 9.37. The molecular formula is C51H53F14N5O9S. The molecule has 0 bridgehead atoms. The molecule has 0 spiro atoms. The van der Waals surface area contributed by atoms with Gasteiger partial charge in [-0.05, 0) is 120 Å². The topological polar surface area (TPSA) is 204 Å². The standard InChI is InChI=1S/C12H10F5NO2.C12H15NO2.C11H8F5NO2.C10H12FNO3S.C6H8F3N/c13-7-8(14)10(16)12(11(17)9(7)15)20-6(19)4-5-2-1-3-18-5;1-9(14)10-3-2-4-11(7-10)12(15)5-6-13-8-12;12-5-6(13)8(15)10(9(16)7(5)14)19-11(18)4-2-1-3-17-4;11-16(14,15)9-3-1-8(2-4-9)10(13)5-6-12-7-10;7-6(8,9)4-3-1-2-10-5(3)4/h5,18H,1-4H2;2-4,7,13,15H,5-6,8H2,1H3;4,17H,1-3H2;1-4,12-13H,5-7H2;3-5,10H,1-2H2. The minimum atomic E-state index is -4.66. The lowest BCUT2D eigenvalue weighted by molar-refractivity contribution is -0.153. The molecule has 4 aromatic carbocycles. The van der Waals surface area contributed by atoms with E-state index < -0.39 is 121 Å². The lowest BCUT2D eigenvalue weighted by Crippen LogP contribution is -2.34. The molecule has 29 heteroatoms. The summed E-state index contributed by atoms with van der Waals surface area (Å²) in [5.41, 5.74) is 0.322. The molecule has 80 heavy (non-hydrogen) atoms. The second-order valence-electron chi connectivity index (χ2n) is 19.4. The van der Waals surface area contributed by atoms with E-state index in [2.05, 4.69) is 36.1 Å². The summed E-state index contributed by atoms with van der Waals surface area (Å²) in [4.78, 5) is 33.8. The molecule has 6 fully saturated rings. The van der Waals surface area contributed by atoms with E-state index >= 15 is 0 Å². The van der Waals surface area contributed by atoms with Crippen LogP contribution in [0.5, 0.6) is 11.5 Å². The highest BCUT2D eigenvalue weighted by atomic mass is 32.3. The monoisotopic (exact) mass is 1180 g/mol. The van der Waals surface area contributed by atoms with Crippen molar-refractivity contribution in [1.82, 2.24) is 26.6 Å². The van der Waals surface area contributed by atoms with Crippen molar-refractivity contribution in [3.05, 3.63) is 123 Å². The van der Waals surface area contributed by atoms with E-state index in [-0.39, 0.29) is 35.1 Å². The molecule has 7 N–H and O–H groups in total. The number of aliphatic hydroxyl groups is 2. The third-order valence-corrected chi connectivity index (χ3v) is 14.7. The van der Waals surface area contributed by atoms with E-state index in [1.165, 1.54) is 31.2 Å². The number of hydrogen-bond acceptors (Lipinski definition) is 14. The largest absolute Gasteiger partial charge is 0.420 e. The summed E-state index contributed by atoms with van der Waals surface area (Å²) in [7, 11) is -4.66. The van der Waals surface area contributed by atoms with Crippen molar-refractivity contribution in [3.63, 3.8) is 0 Å². The molecular weight excluding hydrogens is 1120 g/mol. The van der Waals surface area contributed by atoms with Gasteiger partial charge in [0.2, 0.25) is 69.7 Å². The van der Waals surface area contributed by atoms with Crippen molar-refractivity contribution < 1.29 is 103 Å². The molecule has 0 aromatic heterocycles. The Morgan fingerprint density at radius 3 is 1.54 bits per heavy atom. The first-order valence-electron chi connectivity index (χ1n) is 24.7. The zero-order valence-corrected chi connectivity index (χ0v) is 42.9. The SMILES string of the molecule is CC(=O)c1cccc(C2(O)CCNC2)c1.FC(F)(F)C1C2CCNC21.O=C(CC1CCCN1)Oc1c(F)c(F)c(F)c(F)c1F.O=C(Oc1c(F)c(F)c(F)c(F)c1F)C1CCCN1.O=S(=O)(F)c1ccc(C2(O)CCNC2)cc1. The molecule has 14 nitrogen and oxygen atoms in total. The Morgan fingerprint density at radius 1 is 0.625 bits per heavy atom. The molecule has 7 unspecified atom stereocenters. The van der Waals surface area contributed by atoms with Gasteiger partial charge >= 0.3 is 28.3 Å². The van der Waals surface area contributed by atoms with Crippen LogP contribution in [0.25, 0.3) is 0 Å². The summed E-state index contributed by atoms with van der Waals surface area (Å²) >= 11 is 0. The fraction of sp³-hybridized carbons (Fsp3) is 0.471. The lowest BCUT2D eigenvalue weighted by Gasteiger charge is -2.22. The van der Waals surface area contributed by atoms with Gasteiger partial charge < -0.3 is 46.3 Å². The summed E-state index contributed by atoms with van der Waals surface area (Å²) in [5.74, 6) is -28.2. The molecule has 1 saturated carbocycles. The maximum absolute atomic E-state index is 13.3. The van der Waals surface area contributed by atoms with Crippen LogP contribution in [-0.2, 0) is 31.0 Å². The number of alkyl halides is 3. The normalized spacial score (nSPS) is 24.6. The Bertz CT molecular complexity index is 2920. The third kappa shape index (κ3) is 15.4. The van der Waals surface area contributed by atoms with Crippen LogP contribution < -0.4 is 36.1 Å². The smallest absolute Gasteiger partial charge is 0.393 e. The molecule has 0 radical (unpaired) electrons. The van der Waals surface area contributed by atoms with Gasteiger partial charge in [0.25, 0.3) is 0 Å². The highest BCUT2D eigenvalue weighted by molar-refractivity contribution is 7.86. The van der Waals surface area contributed by atoms with Crippen molar-refractivity contribution in [2.24, 2.45) is 11.8 Å². The van der Waals surface area contributed by atoms with Gasteiger partial charge in [0, 0.05) is 30.7 Å². The molecule has 440 valence electrons. The van der Waals surface area contributed by atoms with Gasteiger partial charge in [0.05, 0.1) is 17.2 Å². The van der Waals surface area contributed by atoms with Gasteiger partial charge in [0.1, 0.15) is 17.2 Å². The number of hydrogen-bond donors (Lipinski definition) is 7. The molecule has 6 aliphatic rings. The van der Waals surface area contributed by atoms with Crippen LogP contribution in [-0.4, -0.2) is 106 Å². The highest BCUT2D eigenvalue weighted by Gasteiger charge is 2.65. The van der Waals surface area contributed by atoms with Crippen LogP contribution in [0.4, 0.5) is 61.0 Å². The first kappa shape index (κ1) is 63.4. The van der Waals surface area contributed by atoms with Crippen molar-refractivity contribution in [1.29, 1.82) is 0 Å². The Kier molecular flexibility index (Phi) is 20.9. The van der Waals surface area contributed by atoms with Crippen LogP contribution in [0.15, 0.2) is 53.4 Å². The van der Waals surface area contributed by atoms with Gasteiger partial charge in [-0.1, -0.05) is 30.3 Å². The number of carbonyl (C=O) groups is 3. The number of carbonyl (C=O) groups excluding carboxylic acids is 3. The first-order valence-corrected chi connectivity index (χ1v) is 26.1. The van der Waals surface area contributed by atoms with E-state index in [9.17, 15) is 94.0 Å². The van der Waals surface area contributed by atoms with Crippen LogP contribution >= 0.6 is 0 Å². The molecule has 5 heterocycles. The number of Topliss-reactive ketones (excluding diaryl/α,β-unsaturated/α-hetero) is 1. The number of rotatable bonds is 9. The lowest BCUT2D eigenvalue weighted by atomic mass is 9.91. The first-order chi connectivity index (χ1) is 37.5. The van der Waals surface area contributed by atoms with E-state index in [0.29, 0.717) is 82.4 Å². The minimum absolute atomic E-state index is 0.0337. The van der Waals surface area contributed by atoms with Crippen molar-refractivity contribution in [2.75, 3.05) is 45.8 Å². The maximum Gasteiger partial charge on any atom is 0.393 e. The Labute approximate surface area is 448 Å². The summed E-state index contributed by atoms with van der Waals surface area (Å²) in [6.07, 6.45) is 0.331. The summed E-state index contributed by atoms with van der Waals surface area (Å²) < 4.78 is 208. The van der Waals surface area contributed by atoms with E-state index in [1.807, 2.05) is 12.1 Å². The molecule has 4 aromatic rings. The number of benzene rings is 4. The molecule has 5 aliphatic heterocycles. The van der Waals surface area contributed by atoms with Gasteiger partial charge in [0.15, 0.2) is 5.78 Å². The molecule has 10 rings (SSSR count). The predicted molar refractivity (Wildman–Crippen MR) is 254 cm³/mol. The number of halogens is 14. The quantitative estimate of drug-likeness (QED) is 0.0168. The molecule has 5 saturated heterocycles. The number of fused-ring (bicyclic) bond motifs is 1. The minimum Gasteiger partial charge on any atom is -0.420 e. The predicted octanol–water partition coefficient (Wildman–Crippen LogP) is 7.22. The molecule has 7 atom stereocenters. The number of β-amino-alcohol motifs (C(OH)–C–C–N with tert-alkyl or cyclic N) is 2. The summed E-state index contributed by atoms with van der Waals surface area (Å²) in [5, 5.41) is 35.0. The van der Waals surface area contributed by atoms with Crippen LogP contribution in [0.3, 0.4) is 0 Å². The van der Waals surface area contributed by atoms with Gasteiger partial charge in [-0.15, -0.1) is 3.89 Å². The second kappa shape index (κ2) is 26.4. The summed E-state index contributed by atoms with van der Waals surface area (Å²) in [6.45, 7) is 6.03. The van der Waals surface area contributed by atoms with Gasteiger partial charge in [-0.2, -0.15) is 39.2 Å². The summed E-state index contributed by atoms with van der Waals surface area (Å²) in [6, 6.07) is 11.2. The maximum atomic E-state index is 13.3. The van der Waals surface area contributed by atoms with Crippen molar-refractivity contribution >= 4 is 27.9 Å². The Balaban J connectivity index is 0.000000164. The molecule has 0 amide bonds. The van der Waals surface area contributed by atoms with E-state index in [4.69, 9.17) is 0 Å². The van der Waals surface area contributed by atoms with Crippen LogP contribution in [0.1, 0.15) is 79.8 Å². The zero-order chi connectivity index (χ0) is 59.1. The average Bonchev–Trinajstić information content (AvgIpc) is 4.42.